The lowest BCUT2D eigenvalue weighted by Crippen LogP contribution is -2.33. The van der Waals surface area contributed by atoms with E-state index >= 15 is 0 Å². The van der Waals surface area contributed by atoms with Crippen molar-refractivity contribution in [1.29, 1.82) is 0 Å². The molecule has 0 aliphatic heterocycles. The number of nitrogens with one attached hydrogen (secondary N) is 1. The molecule has 2 amide bonds. The third-order valence-corrected chi connectivity index (χ3v) is 4.96. The molecule has 0 radical (unpaired) electrons. The van der Waals surface area contributed by atoms with Crippen molar-refractivity contribution in [3.05, 3.63) is 65.7 Å². The van der Waals surface area contributed by atoms with Crippen molar-refractivity contribution in [1.82, 2.24) is 15.2 Å². The van der Waals surface area contributed by atoms with E-state index in [0.717, 1.165) is 12.0 Å². The van der Waals surface area contributed by atoms with Crippen LogP contribution in [0.3, 0.4) is 0 Å². The van der Waals surface area contributed by atoms with Crippen molar-refractivity contribution < 1.29 is 14.0 Å². The first-order valence-electron chi connectivity index (χ1n) is 9.21. The molecule has 0 spiro atoms. The highest BCUT2D eigenvalue weighted by Crippen LogP contribution is 2.39. The predicted molar refractivity (Wildman–Crippen MR) is 100 cm³/mol. The zero-order valence-electron chi connectivity index (χ0n) is 15.4. The molecule has 1 N–H and O–H groups in total. The number of nitrogens with zero attached hydrogens (tertiary/aromatic N) is 2. The van der Waals surface area contributed by atoms with Crippen molar-refractivity contribution in [2.24, 2.45) is 11.8 Å². The van der Waals surface area contributed by atoms with E-state index in [2.05, 4.69) is 10.3 Å². The Bertz CT molecular complexity index is 797. The molecule has 0 bridgehead atoms. The first-order valence-corrected chi connectivity index (χ1v) is 9.21. The molecular formula is C21H24FN3O2. The normalized spacial score (nSPS) is 18.0. The van der Waals surface area contributed by atoms with Crippen LogP contribution in [0.15, 0.2) is 48.8 Å². The van der Waals surface area contributed by atoms with Gasteiger partial charge in [0.05, 0.1) is 11.8 Å². The zero-order chi connectivity index (χ0) is 19.2. The number of carbonyl (C=O) groups excluding carboxylic acids is 2. The highest BCUT2D eigenvalue weighted by Gasteiger charge is 2.48. The van der Waals surface area contributed by atoms with Gasteiger partial charge in [0.1, 0.15) is 5.82 Å². The molecular weight excluding hydrogens is 345 g/mol. The number of benzene rings is 1. The molecule has 2 atom stereocenters. The van der Waals surface area contributed by atoms with E-state index < -0.39 is 0 Å². The molecule has 27 heavy (non-hydrogen) atoms. The summed E-state index contributed by atoms with van der Waals surface area (Å²) in [5.41, 5.74) is 1.71. The Morgan fingerprint density at radius 2 is 1.89 bits per heavy atom. The fraction of sp³-hybridized carbons (Fsp3) is 0.381. The molecule has 2 unspecified atom stereocenters. The van der Waals surface area contributed by atoms with Crippen molar-refractivity contribution in [2.45, 2.75) is 19.3 Å². The first kappa shape index (κ1) is 19.0. The van der Waals surface area contributed by atoms with Gasteiger partial charge in [-0.15, -0.1) is 0 Å². The van der Waals surface area contributed by atoms with E-state index in [0.29, 0.717) is 31.5 Å². The van der Waals surface area contributed by atoms with Gasteiger partial charge in [-0.05, 0) is 48.6 Å². The number of hydrogen-bond acceptors (Lipinski definition) is 3. The van der Waals surface area contributed by atoms with Crippen LogP contribution >= 0.6 is 0 Å². The Labute approximate surface area is 158 Å². The van der Waals surface area contributed by atoms with Crippen molar-refractivity contribution in [3.63, 3.8) is 0 Å². The SMILES string of the molecule is CN(CCc1ccncc1)C(=O)C1CC1C(=O)NCCc1ccccc1F. The second-order valence-corrected chi connectivity index (χ2v) is 6.95. The van der Waals surface area contributed by atoms with Gasteiger partial charge in [-0.3, -0.25) is 14.6 Å². The Morgan fingerprint density at radius 1 is 1.15 bits per heavy atom. The number of amides is 2. The average molecular weight is 369 g/mol. The van der Waals surface area contributed by atoms with Gasteiger partial charge in [-0.1, -0.05) is 18.2 Å². The van der Waals surface area contributed by atoms with Crippen LogP contribution in [-0.2, 0) is 22.4 Å². The van der Waals surface area contributed by atoms with Crippen LogP contribution in [-0.4, -0.2) is 41.8 Å². The maximum Gasteiger partial charge on any atom is 0.226 e. The van der Waals surface area contributed by atoms with E-state index in [4.69, 9.17) is 0 Å². The lowest BCUT2D eigenvalue weighted by molar-refractivity contribution is -0.133. The number of rotatable bonds is 8. The summed E-state index contributed by atoms with van der Waals surface area (Å²) in [7, 11) is 1.77. The van der Waals surface area contributed by atoms with Gasteiger partial charge in [-0.25, -0.2) is 4.39 Å². The summed E-state index contributed by atoms with van der Waals surface area (Å²) in [5, 5.41) is 2.82. The maximum atomic E-state index is 13.6. The quantitative estimate of drug-likeness (QED) is 0.776. The van der Waals surface area contributed by atoms with Gasteiger partial charge >= 0.3 is 0 Å². The van der Waals surface area contributed by atoms with Gasteiger partial charge in [0.2, 0.25) is 11.8 Å². The van der Waals surface area contributed by atoms with Crippen LogP contribution in [0.25, 0.3) is 0 Å². The average Bonchev–Trinajstić information content (AvgIpc) is 3.48. The minimum Gasteiger partial charge on any atom is -0.356 e. The summed E-state index contributed by atoms with van der Waals surface area (Å²) in [4.78, 5) is 30.4. The number of pyridine rings is 1. The minimum absolute atomic E-state index is 0.0123. The molecule has 6 heteroatoms. The van der Waals surface area contributed by atoms with Gasteiger partial charge < -0.3 is 10.2 Å². The largest absolute Gasteiger partial charge is 0.356 e. The Morgan fingerprint density at radius 3 is 2.63 bits per heavy atom. The number of hydrogen-bond donors (Lipinski definition) is 1. The molecule has 1 aliphatic rings. The second-order valence-electron chi connectivity index (χ2n) is 6.95. The van der Waals surface area contributed by atoms with E-state index in [1.54, 1.807) is 42.5 Å². The van der Waals surface area contributed by atoms with Crippen LogP contribution in [0, 0.1) is 17.7 Å². The van der Waals surface area contributed by atoms with Crippen LogP contribution in [0.4, 0.5) is 4.39 Å². The molecule has 2 aromatic rings. The summed E-state index contributed by atoms with van der Waals surface area (Å²) >= 11 is 0. The van der Waals surface area contributed by atoms with Crippen LogP contribution in [0.1, 0.15) is 17.5 Å². The first-order chi connectivity index (χ1) is 13.1. The summed E-state index contributed by atoms with van der Waals surface area (Å²) in [5.74, 6) is -0.866. The molecule has 1 heterocycles. The third-order valence-electron chi connectivity index (χ3n) is 4.96. The maximum absolute atomic E-state index is 13.6. The van der Waals surface area contributed by atoms with E-state index in [1.165, 1.54) is 6.07 Å². The van der Waals surface area contributed by atoms with E-state index in [-0.39, 0.29) is 29.5 Å². The van der Waals surface area contributed by atoms with Crippen LogP contribution < -0.4 is 5.32 Å². The topological polar surface area (TPSA) is 62.3 Å². The molecule has 1 saturated carbocycles. The highest BCUT2D eigenvalue weighted by molar-refractivity contribution is 5.92. The van der Waals surface area contributed by atoms with Gasteiger partial charge in [0, 0.05) is 32.5 Å². The fourth-order valence-corrected chi connectivity index (χ4v) is 3.15. The Balaban J connectivity index is 1.39. The lowest BCUT2D eigenvalue weighted by Gasteiger charge is -2.17. The van der Waals surface area contributed by atoms with Gasteiger partial charge in [-0.2, -0.15) is 0 Å². The van der Waals surface area contributed by atoms with Crippen molar-refractivity contribution in [3.8, 4) is 0 Å². The van der Waals surface area contributed by atoms with Crippen LogP contribution in [0.2, 0.25) is 0 Å². The highest BCUT2D eigenvalue weighted by atomic mass is 19.1. The van der Waals surface area contributed by atoms with Crippen molar-refractivity contribution in [2.75, 3.05) is 20.1 Å². The second kappa shape index (κ2) is 8.75. The van der Waals surface area contributed by atoms with Crippen LogP contribution in [0.5, 0.6) is 0 Å². The molecule has 1 aliphatic carbocycles. The molecule has 5 nitrogen and oxygen atoms in total. The molecule has 1 fully saturated rings. The number of likely N-dealkylation sites (N-methyl/N-ethyl adjacent to an activating group) is 1. The zero-order valence-corrected chi connectivity index (χ0v) is 15.4. The summed E-state index contributed by atoms with van der Waals surface area (Å²) in [6.07, 6.45) is 5.26. The molecule has 1 aromatic heterocycles. The monoisotopic (exact) mass is 369 g/mol. The summed E-state index contributed by atoms with van der Waals surface area (Å²) < 4.78 is 13.6. The van der Waals surface area contributed by atoms with E-state index in [9.17, 15) is 14.0 Å². The molecule has 0 saturated heterocycles. The standard InChI is InChI=1S/C21H24FN3O2/c1-25(13-9-15-6-10-23-11-7-15)21(27)18-14-17(18)20(26)24-12-8-16-4-2-3-5-19(16)22/h2-7,10-11,17-18H,8-9,12-14H2,1H3,(H,24,26). The summed E-state index contributed by atoms with van der Waals surface area (Å²) in [6, 6.07) is 10.4. The number of halogens is 1. The van der Waals surface area contributed by atoms with E-state index in [1.807, 2.05) is 12.1 Å². The van der Waals surface area contributed by atoms with Crippen molar-refractivity contribution >= 4 is 11.8 Å². The summed E-state index contributed by atoms with van der Waals surface area (Å²) in [6.45, 7) is 0.982. The fourth-order valence-electron chi connectivity index (χ4n) is 3.15. The number of carbonyl (C=O) groups is 2. The third kappa shape index (κ3) is 5.12. The predicted octanol–water partition coefficient (Wildman–Crippen LogP) is 2.22. The van der Waals surface area contributed by atoms with Gasteiger partial charge in [0.25, 0.3) is 0 Å². The molecule has 142 valence electrons. The number of aromatic nitrogens is 1. The Hall–Kier alpha value is -2.76. The Kier molecular flexibility index (Phi) is 6.16. The van der Waals surface area contributed by atoms with Gasteiger partial charge in [0.15, 0.2) is 0 Å². The lowest BCUT2D eigenvalue weighted by atomic mass is 10.1. The minimum atomic E-state index is -0.263. The molecule has 1 aromatic carbocycles. The smallest absolute Gasteiger partial charge is 0.226 e. The molecule has 3 rings (SSSR count).